The van der Waals surface area contributed by atoms with Crippen LogP contribution in [0.3, 0.4) is 0 Å². The first-order valence-electron chi connectivity index (χ1n) is 7.12. The normalized spacial score (nSPS) is 16.0. The lowest BCUT2D eigenvalue weighted by molar-refractivity contribution is -0.151. The number of carbonyl (C=O) groups is 1. The highest BCUT2D eigenvalue weighted by atomic mass is 35.5. The van der Waals surface area contributed by atoms with Crippen LogP contribution in [0.4, 0.5) is 13.2 Å². The number of hydrogen-bond donors (Lipinski definition) is 0. The number of hydrogen-bond acceptors (Lipinski definition) is 3. The van der Waals surface area contributed by atoms with Crippen molar-refractivity contribution in [3.05, 3.63) is 35.9 Å². The first-order valence-corrected chi connectivity index (χ1v) is 8.28. The number of rotatable bonds is 5. The molecule has 1 aromatic carbocycles. The van der Waals surface area contributed by atoms with E-state index in [4.69, 9.17) is 0 Å². The molecule has 1 heterocycles. The van der Waals surface area contributed by atoms with Crippen LogP contribution in [-0.2, 0) is 10.5 Å². The Bertz CT molecular complexity index is 479. The minimum absolute atomic E-state index is 0. The van der Waals surface area contributed by atoms with E-state index in [1.807, 2.05) is 30.3 Å². The SMILES string of the molecule is Cl.O=C(CSCc1ccccc1)N1CCN(CC(F)(F)F)CC1. The van der Waals surface area contributed by atoms with Crippen molar-refractivity contribution in [2.75, 3.05) is 38.5 Å². The number of amides is 1. The molecule has 8 heteroatoms. The lowest BCUT2D eigenvalue weighted by Crippen LogP contribution is -2.51. The van der Waals surface area contributed by atoms with E-state index in [-0.39, 0.29) is 31.4 Å². The summed E-state index contributed by atoms with van der Waals surface area (Å²) >= 11 is 1.53. The molecule has 1 saturated heterocycles. The molecule has 23 heavy (non-hydrogen) atoms. The summed E-state index contributed by atoms with van der Waals surface area (Å²) in [4.78, 5) is 15.1. The molecule has 2 rings (SSSR count). The van der Waals surface area contributed by atoms with Crippen molar-refractivity contribution in [2.45, 2.75) is 11.9 Å². The van der Waals surface area contributed by atoms with Crippen LogP contribution >= 0.6 is 24.2 Å². The number of carbonyl (C=O) groups excluding carboxylic acids is 1. The van der Waals surface area contributed by atoms with Crippen molar-refractivity contribution < 1.29 is 18.0 Å². The van der Waals surface area contributed by atoms with Crippen molar-refractivity contribution in [2.24, 2.45) is 0 Å². The second-order valence-corrected chi connectivity index (χ2v) is 6.24. The number of halogens is 4. The maximum atomic E-state index is 12.3. The van der Waals surface area contributed by atoms with Crippen molar-refractivity contribution in [3.8, 4) is 0 Å². The standard InChI is InChI=1S/C15H19F3N2OS.ClH/c16-15(17,18)12-19-6-8-20(9-7-19)14(21)11-22-10-13-4-2-1-3-5-13;/h1-5H,6-12H2;1H. The topological polar surface area (TPSA) is 23.6 Å². The van der Waals surface area contributed by atoms with E-state index in [1.165, 1.54) is 16.7 Å². The third-order valence-corrected chi connectivity index (χ3v) is 4.45. The minimum atomic E-state index is -4.17. The Morgan fingerprint density at radius 2 is 1.70 bits per heavy atom. The van der Waals surface area contributed by atoms with Crippen molar-refractivity contribution in [1.82, 2.24) is 9.80 Å². The molecule has 0 aromatic heterocycles. The predicted octanol–water partition coefficient (Wildman–Crippen LogP) is 3.05. The maximum absolute atomic E-state index is 12.3. The number of thioether (sulfide) groups is 1. The van der Waals surface area contributed by atoms with Crippen LogP contribution in [0.2, 0.25) is 0 Å². The van der Waals surface area contributed by atoms with Crippen molar-refractivity contribution >= 4 is 30.1 Å². The second-order valence-electron chi connectivity index (χ2n) is 5.25. The molecule has 0 unspecified atom stereocenters. The summed E-state index contributed by atoms with van der Waals surface area (Å²) in [7, 11) is 0. The number of alkyl halides is 3. The molecular weight excluding hydrogens is 349 g/mol. The van der Waals surface area contributed by atoms with Gasteiger partial charge >= 0.3 is 6.18 Å². The van der Waals surface area contributed by atoms with Gasteiger partial charge in [-0.25, -0.2) is 0 Å². The number of nitrogens with zero attached hydrogens (tertiary/aromatic N) is 2. The summed E-state index contributed by atoms with van der Waals surface area (Å²) in [5, 5.41) is 0. The van der Waals surface area contributed by atoms with E-state index >= 15 is 0 Å². The lowest BCUT2D eigenvalue weighted by atomic mass is 10.2. The van der Waals surface area contributed by atoms with E-state index in [0.717, 1.165) is 11.3 Å². The summed E-state index contributed by atoms with van der Waals surface area (Å²) in [5.41, 5.74) is 1.16. The van der Waals surface area contributed by atoms with Gasteiger partial charge in [-0.15, -0.1) is 24.2 Å². The Hall–Kier alpha value is -0.920. The minimum Gasteiger partial charge on any atom is -0.339 e. The van der Waals surface area contributed by atoms with E-state index in [0.29, 0.717) is 18.8 Å². The van der Waals surface area contributed by atoms with Crippen molar-refractivity contribution in [1.29, 1.82) is 0 Å². The molecule has 0 bridgehead atoms. The molecule has 0 N–H and O–H groups in total. The molecule has 0 atom stereocenters. The van der Waals surface area contributed by atoms with Gasteiger partial charge in [-0.2, -0.15) is 13.2 Å². The quantitative estimate of drug-likeness (QED) is 0.798. The molecule has 0 saturated carbocycles. The molecule has 1 aliphatic rings. The van der Waals surface area contributed by atoms with Crippen molar-refractivity contribution in [3.63, 3.8) is 0 Å². The zero-order valence-corrected chi connectivity index (χ0v) is 14.2. The Balaban J connectivity index is 0.00000264. The van der Waals surface area contributed by atoms with Gasteiger partial charge in [-0.1, -0.05) is 30.3 Å². The molecule has 0 aliphatic carbocycles. The highest BCUT2D eigenvalue weighted by Crippen LogP contribution is 2.18. The largest absolute Gasteiger partial charge is 0.401 e. The van der Waals surface area contributed by atoms with E-state index in [2.05, 4.69) is 0 Å². The average Bonchev–Trinajstić information content (AvgIpc) is 2.47. The van der Waals surface area contributed by atoms with Gasteiger partial charge in [0.2, 0.25) is 5.91 Å². The smallest absolute Gasteiger partial charge is 0.339 e. The third-order valence-electron chi connectivity index (χ3n) is 3.46. The highest BCUT2D eigenvalue weighted by molar-refractivity contribution is 7.99. The van der Waals surface area contributed by atoms with Gasteiger partial charge in [0.05, 0.1) is 12.3 Å². The van der Waals surface area contributed by atoms with Crippen LogP contribution < -0.4 is 0 Å². The molecule has 1 aliphatic heterocycles. The highest BCUT2D eigenvalue weighted by Gasteiger charge is 2.32. The second kappa shape index (κ2) is 9.39. The molecule has 1 fully saturated rings. The molecule has 0 radical (unpaired) electrons. The summed E-state index contributed by atoms with van der Waals surface area (Å²) in [6.45, 7) is 0.433. The molecule has 1 aromatic rings. The molecule has 1 amide bonds. The maximum Gasteiger partial charge on any atom is 0.401 e. The Morgan fingerprint density at radius 1 is 1.09 bits per heavy atom. The van der Waals surface area contributed by atoms with Crippen LogP contribution in [-0.4, -0.2) is 60.4 Å². The van der Waals surface area contributed by atoms with Gasteiger partial charge in [-0.05, 0) is 5.56 Å². The molecule has 0 spiro atoms. The molecule has 3 nitrogen and oxygen atoms in total. The fourth-order valence-electron chi connectivity index (χ4n) is 2.33. The van der Waals surface area contributed by atoms with E-state index < -0.39 is 12.7 Å². The van der Waals surface area contributed by atoms with Crippen LogP contribution in [0.15, 0.2) is 30.3 Å². The fraction of sp³-hybridized carbons (Fsp3) is 0.533. The van der Waals surface area contributed by atoms with Gasteiger partial charge in [0.25, 0.3) is 0 Å². The monoisotopic (exact) mass is 368 g/mol. The number of piperazine rings is 1. The summed E-state index contributed by atoms with van der Waals surface area (Å²) in [6, 6.07) is 9.87. The zero-order chi connectivity index (χ0) is 16.0. The van der Waals surface area contributed by atoms with Crippen LogP contribution in [0.1, 0.15) is 5.56 Å². The first kappa shape index (κ1) is 20.1. The van der Waals surface area contributed by atoms with Gasteiger partial charge in [-0.3, -0.25) is 9.69 Å². The summed E-state index contributed by atoms with van der Waals surface area (Å²) in [6.07, 6.45) is -4.17. The fourth-order valence-corrected chi connectivity index (χ4v) is 3.22. The molecular formula is C15H20ClF3N2OS. The zero-order valence-electron chi connectivity index (χ0n) is 12.6. The van der Waals surface area contributed by atoms with Gasteiger partial charge in [0.15, 0.2) is 0 Å². The average molecular weight is 369 g/mol. The molecule has 130 valence electrons. The van der Waals surface area contributed by atoms with Crippen LogP contribution in [0, 0.1) is 0 Å². The van der Waals surface area contributed by atoms with Gasteiger partial charge in [0.1, 0.15) is 0 Å². The van der Waals surface area contributed by atoms with E-state index in [1.54, 1.807) is 4.90 Å². The predicted molar refractivity (Wildman–Crippen MR) is 88.9 cm³/mol. The van der Waals surface area contributed by atoms with Crippen LogP contribution in [0.5, 0.6) is 0 Å². The Kier molecular flexibility index (Phi) is 8.22. The van der Waals surface area contributed by atoms with E-state index in [9.17, 15) is 18.0 Å². The van der Waals surface area contributed by atoms with Gasteiger partial charge in [0, 0.05) is 31.9 Å². The first-order chi connectivity index (χ1) is 10.4. The lowest BCUT2D eigenvalue weighted by Gasteiger charge is -2.35. The Labute approximate surface area is 144 Å². The Morgan fingerprint density at radius 3 is 2.26 bits per heavy atom. The van der Waals surface area contributed by atoms with Gasteiger partial charge < -0.3 is 4.90 Å². The summed E-state index contributed by atoms with van der Waals surface area (Å²) in [5.74, 6) is 1.14. The summed E-state index contributed by atoms with van der Waals surface area (Å²) < 4.78 is 36.9. The third kappa shape index (κ3) is 7.46. The van der Waals surface area contributed by atoms with Crippen LogP contribution in [0.25, 0.3) is 0 Å². The number of benzene rings is 1.